The molecule has 1 amide bonds. The number of nitrogens with one attached hydrogen (secondary N) is 2. The number of quaternary nitrogens is 1. The van der Waals surface area contributed by atoms with Crippen LogP contribution in [0.1, 0.15) is 10.9 Å². The van der Waals surface area contributed by atoms with Crippen LogP contribution in [0.2, 0.25) is 5.02 Å². The predicted molar refractivity (Wildman–Crippen MR) is 89.8 cm³/mol. The molecular formula is C16H20ClN2O2S+. The highest BCUT2D eigenvalue weighted by Gasteiger charge is 2.19. The minimum atomic E-state index is -0.127. The van der Waals surface area contributed by atoms with E-state index in [1.165, 1.54) is 9.78 Å². The quantitative estimate of drug-likeness (QED) is 0.807. The van der Waals surface area contributed by atoms with Gasteiger partial charge in [-0.05, 0) is 35.7 Å². The van der Waals surface area contributed by atoms with E-state index in [1.807, 2.05) is 6.07 Å². The fourth-order valence-corrected chi connectivity index (χ4v) is 3.11. The minimum Gasteiger partial charge on any atom is -0.484 e. The van der Waals surface area contributed by atoms with Gasteiger partial charge in [-0.15, -0.1) is 11.3 Å². The van der Waals surface area contributed by atoms with Crippen LogP contribution in [-0.2, 0) is 4.79 Å². The van der Waals surface area contributed by atoms with E-state index in [0.29, 0.717) is 17.3 Å². The number of carbonyl (C=O) groups excluding carboxylic acids is 1. The lowest BCUT2D eigenvalue weighted by molar-refractivity contribution is -0.890. The smallest absolute Gasteiger partial charge is 0.258 e. The van der Waals surface area contributed by atoms with Crippen molar-refractivity contribution in [1.82, 2.24) is 5.32 Å². The Morgan fingerprint density at radius 3 is 2.64 bits per heavy atom. The molecule has 0 fully saturated rings. The van der Waals surface area contributed by atoms with E-state index in [2.05, 4.69) is 30.9 Å². The highest BCUT2D eigenvalue weighted by molar-refractivity contribution is 7.10. The number of halogens is 1. The Morgan fingerprint density at radius 1 is 1.32 bits per heavy atom. The van der Waals surface area contributed by atoms with Crippen LogP contribution < -0.4 is 15.0 Å². The summed E-state index contributed by atoms with van der Waals surface area (Å²) in [6.07, 6.45) is 0. The normalized spacial score (nSPS) is 12.2. The Kier molecular flexibility index (Phi) is 6.24. The van der Waals surface area contributed by atoms with Crippen molar-refractivity contribution in [1.29, 1.82) is 0 Å². The maximum Gasteiger partial charge on any atom is 0.258 e. The zero-order chi connectivity index (χ0) is 15.9. The molecule has 22 heavy (non-hydrogen) atoms. The van der Waals surface area contributed by atoms with Crippen LogP contribution in [0, 0.1) is 0 Å². The molecule has 0 aliphatic rings. The zero-order valence-corrected chi connectivity index (χ0v) is 14.2. The zero-order valence-electron chi connectivity index (χ0n) is 12.6. The van der Waals surface area contributed by atoms with E-state index in [-0.39, 0.29) is 18.6 Å². The van der Waals surface area contributed by atoms with Crippen LogP contribution in [0.15, 0.2) is 41.8 Å². The van der Waals surface area contributed by atoms with Crippen LogP contribution in [0.5, 0.6) is 5.75 Å². The molecule has 4 nitrogen and oxygen atoms in total. The predicted octanol–water partition coefficient (Wildman–Crippen LogP) is 1.78. The summed E-state index contributed by atoms with van der Waals surface area (Å²) in [4.78, 5) is 14.5. The Labute approximate surface area is 139 Å². The summed E-state index contributed by atoms with van der Waals surface area (Å²) >= 11 is 7.51. The van der Waals surface area contributed by atoms with Gasteiger partial charge in [0, 0.05) is 5.02 Å². The minimum absolute atomic E-state index is 0.00154. The average molecular weight is 340 g/mol. The molecule has 0 saturated heterocycles. The van der Waals surface area contributed by atoms with Crippen molar-refractivity contribution in [3.8, 4) is 5.75 Å². The van der Waals surface area contributed by atoms with Gasteiger partial charge in [0.15, 0.2) is 6.61 Å². The largest absolute Gasteiger partial charge is 0.484 e. The third-order valence-electron chi connectivity index (χ3n) is 3.27. The molecule has 6 heteroatoms. The van der Waals surface area contributed by atoms with Crippen LogP contribution in [0.25, 0.3) is 0 Å². The van der Waals surface area contributed by atoms with Crippen LogP contribution >= 0.6 is 22.9 Å². The van der Waals surface area contributed by atoms with Gasteiger partial charge in [0.1, 0.15) is 11.8 Å². The monoisotopic (exact) mass is 339 g/mol. The summed E-state index contributed by atoms with van der Waals surface area (Å²) in [5, 5.41) is 5.63. The van der Waals surface area contributed by atoms with E-state index in [9.17, 15) is 4.79 Å². The van der Waals surface area contributed by atoms with Crippen molar-refractivity contribution in [3.63, 3.8) is 0 Å². The number of ether oxygens (including phenoxy) is 1. The molecule has 0 unspecified atom stereocenters. The fraction of sp³-hybridized carbons (Fsp3) is 0.312. The highest BCUT2D eigenvalue weighted by atomic mass is 35.5. The summed E-state index contributed by atoms with van der Waals surface area (Å²) in [5.41, 5.74) is 0. The number of benzene rings is 1. The van der Waals surface area contributed by atoms with Gasteiger partial charge < -0.3 is 15.0 Å². The third kappa shape index (κ3) is 5.02. The van der Waals surface area contributed by atoms with Crippen molar-refractivity contribution < 1.29 is 14.4 Å². The van der Waals surface area contributed by atoms with Crippen molar-refractivity contribution in [2.45, 2.75) is 6.04 Å². The summed E-state index contributed by atoms with van der Waals surface area (Å²) < 4.78 is 5.43. The van der Waals surface area contributed by atoms with Gasteiger partial charge in [-0.3, -0.25) is 4.79 Å². The number of likely N-dealkylation sites (N-methyl/N-ethyl adjacent to an activating group) is 1. The first-order valence-electron chi connectivity index (χ1n) is 7.05. The van der Waals surface area contributed by atoms with Crippen molar-refractivity contribution in [2.24, 2.45) is 0 Å². The second kappa shape index (κ2) is 8.17. The van der Waals surface area contributed by atoms with Crippen LogP contribution in [-0.4, -0.2) is 33.2 Å². The molecule has 118 valence electrons. The molecule has 0 aliphatic heterocycles. The highest BCUT2D eigenvalue weighted by Crippen LogP contribution is 2.16. The molecule has 0 bridgehead atoms. The average Bonchev–Trinajstić information content (AvgIpc) is 3.00. The molecule has 1 aromatic carbocycles. The van der Waals surface area contributed by atoms with Crippen molar-refractivity contribution in [3.05, 3.63) is 51.7 Å². The van der Waals surface area contributed by atoms with Gasteiger partial charge in [0.2, 0.25) is 0 Å². The summed E-state index contributed by atoms with van der Waals surface area (Å²) in [6, 6.07) is 11.3. The molecule has 1 aromatic heterocycles. The van der Waals surface area contributed by atoms with Crippen molar-refractivity contribution >= 4 is 28.8 Å². The topological polar surface area (TPSA) is 42.8 Å². The first-order valence-corrected chi connectivity index (χ1v) is 8.30. The number of rotatable bonds is 7. The first kappa shape index (κ1) is 16.8. The van der Waals surface area contributed by atoms with Crippen LogP contribution in [0.3, 0.4) is 0 Å². The Hall–Kier alpha value is -1.56. The standard InChI is InChI=1S/C16H19ClN2O2S/c1-19(2)14(15-4-3-9-22-15)10-18-16(20)11-21-13-7-5-12(17)6-8-13/h3-9,14H,10-11H2,1-2H3,(H,18,20)/p+1/t14-/m0/s1. The molecule has 2 rings (SSSR count). The number of hydrogen-bond donors (Lipinski definition) is 2. The molecule has 2 aromatic rings. The Morgan fingerprint density at radius 2 is 2.05 bits per heavy atom. The van der Waals surface area contributed by atoms with E-state index in [0.717, 1.165) is 0 Å². The van der Waals surface area contributed by atoms with Gasteiger partial charge in [-0.25, -0.2) is 0 Å². The Balaban J connectivity index is 1.80. The lowest BCUT2D eigenvalue weighted by atomic mass is 10.2. The maximum atomic E-state index is 11.9. The van der Waals surface area contributed by atoms with Gasteiger partial charge in [0.05, 0.1) is 25.5 Å². The molecule has 0 spiro atoms. The van der Waals surface area contributed by atoms with E-state index in [1.54, 1.807) is 35.6 Å². The number of thiophene rings is 1. The summed E-state index contributed by atoms with van der Waals surface area (Å²) in [5.74, 6) is 0.505. The van der Waals surface area contributed by atoms with E-state index >= 15 is 0 Å². The maximum absolute atomic E-state index is 11.9. The summed E-state index contributed by atoms with van der Waals surface area (Å²) in [7, 11) is 4.17. The van der Waals surface area contributed by atoms with Gasteiger partial charge in [0.25, 0.3) is 5.91 Å². The van der Waals surface area contributed by atoms with Gasteiger partial charge in [-0.1, -0.05) is 17.7 Å². The number of amides is 1. The molecule has 0 radical (unpaired) electrons. The van der Waals surface area contributed by atoms with E-state index < -0.39 is 0 Å². The summed E-state index contributed by atoms with van der Waals surface area (Å²) in [6.45, 7) is 0.590. The third-order valence-corrected chi connectivity index (χ3v) is 4.51. The molecule has 1 heterocycles. The molecule has 2 N–H and O–H groups in total. The van der Waals surface area contributed by atoms with Crippen molar-refractivity contribution in [2.75, 3.05) is 27.2 Å². The second-order valence-corrected chi connectivity index (χ2v) is 6.61. The van der Waals surface area contributed by atoms with Gasteiger partial charge >= 0.3 is 0 Å². The van der Waals surface area contributed by atoms with Crippen LogP contribution in [0.4, 0.5) is 0 Å². The molecule has 0 aliphatic carbocycles. The molecule has 0 saturated carbocycles. The Bertz CT molecular complexity index is 585. The first-order chi connectivity index (χ1) is 10.6. The van der Waals surface area contributed by atoms with E-state index in [4.69, 9.17) is 16.3 Å². The number of carbonyl (C=O) groups is 1. The second-order valence-electron chi connectivity index (χ2n) is 5.19. The SMILES string of the molecule is C[NH+](C)[C@@H](CNC(=O)COc1ccc(Cl)cc1)c1cccs1. The molecule has 1 atom stereocenters. The fourth-order valence-electron chi connectivity index (χ4n) is 2.03. The molecular weight excluding hydrogens is 320 g/mol. The number of hydrogen-bond acceptors (Lipinski definition) is 3. The lowest BCUT2D eigenvalue weighted by Gasteiger charge is -2.20. The lowest BCUT2D eigenvalue weighted by Crippen LogP contribution is -3.06. The van der Waals surface area contributed by atoms with Gasteiger partial charge in [-0.2, -0.15) is 0 Å².